The molecule has 0 atom stereocenters. The van der Waals surface area contributed by atoms with E-state index in [1.165, 1.54) is 106 Å². The second-order valence-corrected chi connectivity index (χ2v) is 15.5. The summed E-state index contributed by atoms with van der Waals surface area (Å²) in [5.74, 6) is 2.70. The molecule has 4 fully saturated rings. The van der Waals surface area contributed by atoms with Crippen LogP contribution < -0.4 is 26.2 Å². The van der Waals surface area contributed by atoms with Crippen molar-refractivity contribution in [2.24, 2.45) is 17.8 Å². The Morgan fingerprint density at radius 3 is 1.67 bits per heavy atom. The van der Waals surface area contributed by atoms with Gasteiger partial charge in [0, 0.05) is 34.1 Å². The normalized spacial score (nSPS) is 24.9. The lowest BCUT2D eigenvalue weighted by Gasteiger charge is -2.57. The van der Waals surface area contributed by atoms with Gasteiger partial charge in [0.2, 0.25) is 0 Å². The van der Waals surface area contributed by atoms with Gasteiger partial charge in [0.1, 0.15) is 0 Å². The molecule has 4 aliphatic carbocycles. The molecule has 3 heteroatoms. The lowest BCUT2D eigenvalue weighted by molar-refractivity contribution is -0.00514. The Labute approximate surface area is 274 Å². The van der Waals surface area contributed by atoms with Gasteiger partial charge in [0.25, 0.3) is 6.71 Å². The molecule has 46 heavy (non-hydrogen) atoms. The van der Waals surface area contributed by atoms with E-state index in [2.05, 4.69) is 134 Å². The van der Waals surface area contributed by atoms with Gasteiger partial charge in [-0.1, -0.05) is 54.6 Å². The number of nitrogens with zero attached hydrogens (tertiary/aromatic N) is 2. The molecular weight excluding hydrogens is 555 g/mol. The van der Waals surface area contributed by atoms with Crippen molar-refractivity contribution < 1.29 is 0 Å². The Bertz CT molecular complexity index is 2020. The Morgan fingerprint density at radius 2 is 1.07 bits per heavy atom. The van der Waals surface area contributed by atoms with E-state index in [0.717, 1.165) is 17.8 Å². The van der Waals surface area contributed by atoms with Crippen molar-refractivity contribution in [2.45, 2.75) is 64.7 Å². The molecule has 226 valence electrons. The molecule has 2 aliphatic heterocycles. The van der Waals surface area contributed by atoms with Gasteiger partial charge in [-0.2, -0.15) is 0 Å². The molecule has 5 aromatic rings. The molecule has 0 amide bonds. The monoisotopic (exact) mass is 596 g/mol. The fourth-order valence-electron chi connectivity index (χ4n) is 10.9. The highest BCUT2D eigenvalue weighted by atomic mass is 15.2. The Hall–Kier alpha value is -4.24. The fraction of sp³-hybridized carbons (Fsp3) is 0.302. The quantitative estimate of drug-likeness (QED) is 0.188. The van der Waals surface area contributed by atoms with Gasteiger partial charge in [0.05, 0.1) is 0 Å². The predicted octanol–water partition coefficient (Wildman–Crippen LogP) is 9.16. The van der Waals surface area contributed by atoms with E-state index in [0.29, 0.717) is 0 Å². The summed E-state index contributed by atoms with van der Waals surface area (Å²) in [6, 6.07) is 40.0. The zero-order valence-corrected chi connectivity index (χ0v) is 27.3. The molecule has 4 saturated carbocycles. The molecule has 0 N–H and O–H groups in total. The van der Waals surface area contributed by atoms with Crippen LogP contribution in [0.2, 0.25) is 0 Å². The topological polar surface area (TPSA) is 6.48 Å². The molecule has 0 unspecified atom stereocenters. The number of anilines is 6. The minimum Gasteiger partial charge on any atom is -0.311 e. The number of aryl methyl sites for hydroxylation is 3. The second-order valence-electron chi connectivity index (χ2n) is 15.5. The smallest absolute Gasteiger partial charge is 0.252 e. The maximum absolute atomic E-state index is 2.68. The van der Waals surface area contributed by atoms with Crippen LogP contribution in [0.4, 0.5) is 34.1 Å². The number of benzene rings is 5. The first-order valence-electron chi connectivity index (χ1n) is 17.6. The lowest BCUT2D eigenvalue weighted by atomic mass is 9.33. The van der Waals surface area contributed by atoms with Gasteiger partial charge in [-0.25, -0.2) is 0 Å². The molecule has 2 heterocycles. The summed E-state index contributed by atoms with van der Waals surface area (Å²) in [4.78, 5) is 5.23. The highest BCUT2D eigenvalue weighted by Crippen LogP contribution is 2.61. The number of para-hydroxylation sites is 1. The first-order valence-corrected chi connectivity index (χ1v) is 17.6. The first-order chi connectivity index (χ1) is 22.4. The molecule has 0 aromatic heterocycles. The van der Waals surface area contributed by atoms with E-state index in [1.54, 1.807) is 5.56 Å². The third kappa shape index (κ3) is 3.84. The van der Waals surface area contributed by atoms with Crippen molar-refractivity contribution in [3.63, 3.8) is 0 Å². The summed E-state index contributed by atoms with van der Waals surface area (Å²) >= 11 is 0. The summed E-state index contributed by atoms with van der Waals surface area (Å²) in [7, 11) is 0. The van der Waals surface area contributed by atoms with Crippen molar-refractivity contribution in [3.05, 3.63) is 125 Å². The fourth-order valence-corrected chi connectivity index (χ4v) is 10.9. The summed E-state index contributed by atoms with van der Waals surface area (Å²) in [6.07, 6.45) is 8.48. The van der Waals surface area contributed by atoms with E-state index in [-0.39, 0.29) is 12.1 Å². The van der Waals surface area contributed by atoms with Gasteiger partial charge in [-0.3, -0.25) is 0 Å². The van der Waals surface area contributed by atoms with Crippen LogP contribution in [0, 0.1) is 38.5 Å². The maximum atomic E-state index is 2.68. The lowest BCUT2D eigenvalue weighted by Crippen LogP contribution is -2.61. The molecule has 0 saturated heterocycles. The largest absolute Gasteiger partial charge is 0.311 e. The van der Waals surface area contributed by atoms with Crippen LogP contribution in [-0.2, 0) is 5.41 Å². The van der Waals surface area contributed by atoms with Crippen LogP contribution in [0.3, 0.4) is 0 Å². The summed E-state index contributed by atoms with van der Waals surface area (Å²) in [6.45, 7) is 6.88. The van der Waals surface area contributed by atoms with Crippen LogP contribution in [0.25, 0.3) is 0 Å². The molecule has 11 rings (SSSR count). The summed E-state index contributed by atoms with van der Waals surface area (Å²) < 4.78 is 0. The van der Waals surface area contributed by atoms with Crippen molar-refractivity contribution in [2.75, 3.05) is 9.80 Å². The minimum absolute atomic E-state index is 0.185. The zero-order chi connectivity index (χ0) is 30.7. The number of rotatable bonds is 3. The molecule has 4 bridgehead atoms. The van der Waals surface area contributed by atoms with Gasteiger partial charge in [0.15, 0.2) is 0 Å². The Balaban J connectivity index is 1.31. The van der Waals surface area contributed by atoms with Crippen LogP contribution in [0.5, 0.6) is 0 Å². The van der Waals surface area contributed by atoms with E-state index in [9.17, 15) is 0 Å². The van der Waals surface area contributed by atoms with E-state index in [1.807, 2.05) is 0 Å². The number of hydrogen-bond donors (Lipinski definition) is 0. The highest BCUT2D eigenvalue weighted by molar-refractivity contribution is 7.00. The molecule has 6 aliphatic rings. The maximum Gasteiger partial charge on any atom is 0.252 e. The molecule has 0 radical (unpaired) electrons. The molecule has 0 spiro atoms. The van der Waals surface area contributed by atoms with Crippen LogP contribution in [0.1, 0.15) is 60.8 Å². The number of hydrogen-bond acceptors (Lipinski definition) is 2. The van der Waals surface area contributed by atoms with Gasteiger partial charge < -0.3 is 9.80 Å². The summed E-state index contributed by atoms with van der Waals surface area (Å²) in [5.41, 5.74) is 17.9. The van der Waals surface area contributed by atoms with Crippen molar-refractivity contribution in [1.82, 2.24) is 0 Å². The first kappa shape index (κ1) is 26.9. The molecular formula is C43H41BN2. The van der Waals surface area contributed by atoms with Crippen LogP contribution in [0.15, 0.2) is 103 Å². The Morgan fingerprint density at radius 1 is 0.522 bits per heavy atom. The van der Waals surface area contributed by atoms with E-state index in [4.69, 9.17) is 0 Å². The highest BCUT2D eigenvalue weighted by Gasteiger charge is 2.53. The van der Waals surface area contributed by atoms with Crippen molar-refractivity contribution in [1.29, 1.82) is 0 Å². The Kier molecular flexibility index (Phi) is 5.64. The zero-order valence-electron chi connectivity index (χ0n) is 27.3. The summed E-state index contributed by atoms with van der Waals surface area (Å²) in [5, 5.41) is 0. The second kappa shape index (κ2) is 9.64. The van der Waals surface area contributed by atoms with Crippen LogP contribution in [-0.4, -0.2) is 6.71 Å². The van der Waals surface area contributed by atoms with Gasteiger partial charge in [-0.15, -0.1) is 0 Å². The average Bonchev–Trinajstić information content (AvgIpc) is 3.03. The van der Waals surface area contributed by atoms with E-state index < -0.39 is 0 Å². The third-order valence-electron chi connectivity index (χ3n) is 12.3. The predicted molar refractivity (Wildman–Crippen MR) is 195 cm³/mol. The van der Waals surface area contributed by atoms with E-state index >= 15 is 0 Å². The van der Waals surface area contributed by atoms with Crippen molar-refractivity contribution >= 4 is 57.2 Å². The van der Waals surface area contributed by atoms with Crippen molar-refractivity contribution in [3.8, 4) is 0 Å². The van der Waals surface area contributed by atoms with Gasteiger partial charge >= 0.3 is 0 Å². The van der Waals surface area contributed by atoms with Crippen LogP contribution >= 0.6 is 0 Å². The number of fused-ring (bicyclic) bond motifs is 4. The standard InChI is InChI=1S/C43H41BN2/c1-27-8-6-10-34(16-27)45-38-13-5-4-12-36(38)44-37-15-14-29(3)18-39(37)46(35-11-7-9-28(2)17-35)41-23-33(22-40(45)42(41)44)43-24-30-19-31(25-43)21-32(20-30)26-43/h4-18,22-23,30-32H,19-21,24-26H2,1-3H3. The van der Waals surface area contributed by atoms with Gasteiger partial charge in [-0.05, 0) is 170 Å². The molecule has 2 nitrogen and oxygen atoms in total. The average molecular weight is 597 g/mol. The molecule has 5 aromatic carbocycles. The minimum atomic E-state index is 0.185. The SMILES string of the molecule is Cc1cccc(N2c3ccccc3B3c4ccc(C)cc4N(c4cccc(C)c4)c4cc(C56CC7CC(CC(C7)C5)C6)cc2c43)c1. The third-order valence-corrected chi connectivity index (χ3v) is 12.3.